The molecule has 3 unspecified atom stereocenters. The molecule has 0 aliphatic carbocycles. The molecule has 2 heterocycles. The predicted molar refractivity (Wildman–Crippen MR) is 280 cm³/mol. The number of aromatic hydroxyl groups is 2. The molecule has 0 bridgehead atoms. The van der Waals surface area contributed by atoms with Crippen LogP contribution in [-0.2, 0) is 41.5 Å². The Kier molecular flexibility index (Phi) is 21.5. The fourth-order valence-electron chi connectivity index (χ4n) is 7.01. The van der Waals surface area contributed by atoms with E-state index in [1.807, 2.05) is 20.8 Å². The first-order valence-electron chi connectivity index (χ1n) is 23.6. The Morgan fingerprint density at radius 3 is 1.22 bits per heavy atom. The summed E-state index contributed by atoms with van der Waals surface area (Å²) in [5.41, 5.74) is 8.74. The van der Waals surface area contributed by atoms with Crippen molar-refractivity contribution in [1.82, 2.24) is 52.9 Å². The van der Waals surface area contributed by atoms with Crippen LogP contribution in [0.5, 0.6) is 11.5 Å². The van der Waals surface area contributed by atoms with E-state index < -0.39 is 83.0 Å². The Bertz CT molecular complexity index is 2450. The lowest BCUT2D eigenvalue weighted by Gasteiger charge is -2.26. The Morgan fingerprint density at radius 1 is 0.514 bits per heavy atom. The number of rotatable bonds is 19. The maximum absolute atomic E-state index is 14.1. The van der Waals surface area contributed by atoms with Gasteiger partial charge in [0.1, 0.15) is 46.9 Å². The van der Waals surface area contributed by atoms with Crippen molar-refractivity contribution in [1.29, 1.82) is 0 Å². The first-order chi connectivity index (χ1) is 34.7. The normalized spacial score (nSPS) is 13.3. The van der Waals surface area contributed by atoms with Crippen molar-refractivity contribution in [3.8, 4) is 22.6 Å². The van der Waals surface area contributed by atoms with E-state index in [-0.39, 0.29) is 69.3 Å². The number of carbonyl (C=O) groups is 8. The van der Waals surface area contributed by atoms with Crippen molar-refractivity contribution < 1.29 is 58.0 Å². The number of amides is 8. The third-order valence-electron chi connectivity index (χ3n) is 10.3. The fraction of sp³-hybridized carbons (Fsp3) is 0.412. The molecular weight excluding hydrogens is 1070 g/mol. The molecule has 23 heteroatoms. The number of alkyl carbamates (subject to hydrolysis) is 2. The monoisotopic (exact) mass is 1140 g/mol. The zero-order chi connectivity index (χ0) is 54.9. The molecule has 22 nitrogen and oxygen atoms in total. The van der Waals surface area contributed by atoms with Crippen LogP contribution in [-0.4, -0.2) is 107 Å². The molecule has 0 spiro atoms. The number of aromatic nitrogens is 2. The highest BCUT2D eigenvalue weighted by molar-refractivity contribution is 14.1. The van der Waals surface area contributed by atoms with Crippen LogP contribution in [0.15, 0.2) is 85.5 Å². The van der Waals surface area contributed by atoms with Gasteiger partial charge in [0.2, 0.25) is 11.8 Å². The number of benzene rings is 2. The lowest BCUT2D eigenvalue weighted by Crippen LogP contribution is -2.57. The number of ether oxygens (including phenoxy) is 2. The van der Waals surface area contributed by atoms with Crippen LogP contribution in [0.1, 0.15) is 107 Å². The average molecular weight is 1140 g/mol. The van der Waals surface area contributed by atoms with Gasteiger partial charge in [0, 0.05) is 63.8 Å². The number of hydrazine groups is 2. The van der Waals surface area contributed by atoms with Crippen molar-refractivity contribution in [2.24, 2.45) is 5.92 Å². The van der Waals surface area contributed by atoms with Gasteiger partial charge < -0.3 is 41.0 Å². The second-order valence-electron chi connectivity index (χ2n) is 19.6. The molecule has 0 radical (unpaired) electrons. The molecule has 74 heavy (non-hydrogen) atoms. The van der Waals surface area contributed by atoms with Crippen LogP contribution in [0.2, 0.25) is 0 Å². The Labute approximate surface area is 442 Å². The number of phenolic OH excluding ortho intramolecular Hbond substituents is 2. The lowest BCUT2D eigenvalue weighted by molar-refractivity contribution is -0.130. The number of nitrogens with zero attached hydrogens (tertiary/aromatic N) is 2. The molecule has 8 amide bonds. The first kappa shape index (κ1) is 59.0. The van der Waals surface area contributed by atoms with Gasteiger partial charge in [-0.05, 0) is 120 Å². The van der Waals surface area contributed by atoms with Crippen molar-refractivity contribution in [3.63, 3.8) is 0 Å². The number of alkyl halides is 1. The second-order valence-corrected chi connectivity index (χ2v) is 21.8. The number of hydrogen-bond donors (Lipinski definition) is 10. The van der Waals surface area contributed by atoms with Crippen LogP contribution >= 0.6 is 22.6 Å². The standard InChI is InChI=1S/C51H65IN10O12/c1-28(2)22-36(46(69)61-59-42(65)32-14-18-53-19-15-32)55-44(67)38(57-48(71)73-50(4,5)6)26-30-10-12-40(63)34(24-30)35-25-31(11-13-41(35)64)27-39(58-49(72)74-51(7,8)9)45(68)56-37(23-29(3)52)47(70)62-60-43(66)33-16-20-54-21-17-33/h10-21,24-25,28-29,36-39,63-64H,22-23,26-27H2,1-9H3,(H,55,67)(H,56,68)(H,57,71)(H,58,72)(H,59,65)(H,60,66)(H,61,69)(H,62,70)/t29?,36-,37-,38?,39?/m0/s1. The third kappa shape index (κ3) is 19.8. The summed E-state index contributed by atoms with van der Waals surface area (Å²) in [5, 5.41) is 33.0. The van der Waals surface area contributed by atoms with Crippen LogP contribution < -0.4 is 43.0 Å². The van der Waals surface area contributed by atoms with Gasteiger partial charge in [-0.2, -0.15) is 0 Å². The average Bonchev–Trinajstić information content (AvgIpc) is 3.31. The van der Waals surface area contributed by atoms with Gasteiger partial charge in [0.05, 0.1) is 0 Å². The van der Waals surface area contributed by atoms with E-state index in [0.29, 0.717) is 11.1 Å². The van der Waals surface area contributed by atoms with Crippen molar-refractivity contribution in [2.75, 3.05) is 0 Å². The van der Waals surface area contributed by atoms with E-state index in [4.69, 9.17) is 9.47 Å². The molecule has 0 aliphatic heterocycles. The molecule has 0 fully saturated rings. The Balaban J connectivity index is 1.63. The number of nitrogens with one attached hydrogen (secondary N) is 8. The van der Waals surface area contributed by atoms with E-state index in [1.54, 1.807) is 41.5 Å². The summed E-state index contributed by atoms with van der Waals surface area (Å²) in [4.78, 5) is 115. The van der Waals surface area contributed by atoms with Crippen LogP contribution in [0.3, 0.4) is 0 Å². The van der Waals surface area contributed by atoms with Gasteiger partial charge in [-0.1, -0.05) is 55.5 Å². The quantitative estimate of drug-likeness (QED) is 0.0349. The molecule has 4 aromatic rings. The number of halogens is 1. The van der Waals surface area contributed by atoms with Gasteiger partial charge in [-0.15, -0.1) is 0 Å². The first-order valence-corrected chi connectivity index (χ1v) is 24.8. The summed E-state index contributed by atoms with van der Waals surface area (Å²) in [6.07, 6.45) is 3.55. The number of pyridine rings is 2. The van der Waals surface area contributed by atoms with Crippen LogP contribution in [0, 0.1) is 5.92 Å². The highest BCUT2D eigenvalue weighted by Gasteiger charge is 2.32. The van der Waals surface area contributed by atoms with Crippen molar-refractivity contribution in [2.45, 2.75) is 127 Å². The summed E-state index contributed by atoms with van der Waals surface area (Å²) >= 11 is 2.08. The minimum atomic E-state index is -1.38. The molecule has 0 saturated carbocycles. The van der Waals surface area contributed by atoms with Crippen molar-refractivity contribution >= 4 is 70.2 Å². The fourth-order valence-corrected chi connectivity index (χ4v) is 7.52. The highest BCUT2D eigenvalue weighted by atomic mass is 127. The van der Waals surface area contributed by atoms with E-state index in [0.717, 1.165) is 0 Å². The Morgan fingerprint density at radius 2 is 0.878 bits per heavy atom. The molecular formula is C51H65IN10O12. The summed E-state index contributed by atoms with van der Waals surface area (Å²) < 4.78 is 10.8. The molecule has 10 N–H and O–H groups in total. The highest BCUT2D eigenvalue weighted by Crippen LogP contribution is 2.37. The number of phenols is 2. The smallest absolute Gasteiger partial charge is 0.408 e. The SMILES string of the molecule is CC(C)C[C@H](NC(=O)C(Cc1ccc(O)c(-c2cc(CC(NC(=O)OC(C)(C)C)C(=O)N[C@@H](CC(C)I)C(=O)NNC(=O)c3ccncc3)ccc2O)c1)NC(=O)OC(C)(C)C)C(=O)NNC(=O)c1ccncc1. The summed E-state index contributed by atoms with van der Waals surface area (Å²) in [6, 6.07) is 9.22. The third-order valence-corrected chi connectivity index (χ3v) is 10.8. The summed E-state index contributed by atoms with van der Waals surface area (Å²) in [7, 11) is 0. The maximum atomic E-state index is 14.1. The van der Waals surface area contributed by atoms with E-state index in [1.165, 1.54) is 85.5 Å². The van der Waals surface area contributed by atoms with Gasteiger partial charge in [-0.3, -0.25) is 60.4 Å². The molecule has 4 rings (SSSR count). The van der Waals surface area contributed by atoms with E-state index in [2.05, 4.69) is 75.5 Å². The molecule has 398 valence electrons. The lowest BCUT2D eigenvalue weighted by atomic mass is 9.94. The minimum Gasteiger partial charge on any atom is -0.507 e. The zero-order valence-electron chi connectivity index (χ0n) is 42.6. The largest absolute Gasteiger partial charge is 0.507 e. The maximum Gasteiger partial charge on any atom is 0.408 e. The van der Waals surface area contributed by atoms with Crippen LogP contribution in [0.25, 0.3) is 11.1 Å². The number of carbonyl (C=O) groups excluding carboxylic acids is 8. The summed E-state index contributed by atoms with van der Waals surface area (Å²) in [6.45, 7) is 15.3. The van der Waals surface area contributed by atoms with Gasteiger partial charge in [0.15, 0.2) is 0 Å². The van der Waals surface area contributed by atoms with E-state index in [9.17, 15) is 48.6 Å². The van der Waals surface area contributed by atoms with Gasteiger partial charge >= 0.3 is 12.2 Å². The molecule has 0 aliphatic rings. The second kappa shape index (κ2) is 26.9. The van der Waals surface area contributed by atoms with Crippen LogP contribution in [0.4, 0.5) is 9.59 Å². The summed E-state index contributed by atoms with van der Waals surface area (Å²) in [5.74, 6) is -5.04. The van der Waals surface area contributed by atoms with Gasteiger partial charge in [-0.25, -0.2) is 9.59 Å². The molecule has 2 aromatic heterocycles. The number of hydrogen-bond acceptors (Lipinski definition) is 14. The Hall–Kier alpha value is -7.57. The topological polar surface area (TPSA) is 317 Å². The predicted octanol–water partition coefficient (Wildman–Crippen LogP) is 4.58. The molecule has 0 saturated heterocycles. The minimum absolute atomic E-state index is 0.0720. The molecule has 2 aromatic carbocycles. The molecule has 5 atom stereocenters. The van der Waals surface area contributed by atoms with Gasteiger partial charge in [0.25, 0.3) is 23.6 Å². The van der Waals surface area contributed by atoms with Crippen molar-refractivity contribution in [3.05, 3.63) is 108 Å². The zero-order valence-corrected chi connectivity index (χ0v) is 44.8. The van der Waals surface area contributed by atoms with E-state index >= 15 is 0 Å².